The van der Waals surface area contributed by atoms with Gasteiger partial charge in [0.15, 0.2) is 0 Å². The molecular formula is C26H18F3NO4. The van der Waals surface area contributed by atoms with Gasteiger partial charge in [-0.3, -0.25) is 14.5 Å². The molecule has 2 atom stereocenters. The number of anilines is 1. The molecule has 2 heterocycles. The summed E-state index contributed by atoms with van der Waals surface area (Å²) in [5.74, 6) is -4.40. The highest BCUT2D eigenvalue weighted by Crippen LogP contribution is 2.43. The molecule has 1 amide bonds. The van der Waals surface area contributed by atoms with Gasteiger partial charge in [-0.2, -0.15) is 0 Å². The first-order valence-corrected chi connectivity index (χ1v) is 10.6. The summed E-state index contributed by atoms with van der Waals surface area (Å²) in [6, 6.07) is 11.2. The zero-order chi connectivity index (χ0) is 24.1. The van der Waals surface area contributed by atoms with E-state index < -0.39 is 40.9 Å². The number of ketones is 1. The number of aliphatic hydroxyl groups is 1. The fraction of sp³-hybridized carbons (Fsp3) is 0.154. The van der Waals surface area contributed by atoms with E-state index in [4.69, 9.17) is 4.74 Å². The molecular weight excluding hydrogens is 447 g/mol. The first-order valence-electron chi connectivity index (χ1n) is 10.6. The molecule has 2 aliphatic heterocycles. The highest BCUT2D eigenvalue weighted by molar-refractivity contribution is 6.51. The van der Waals surface area contributed by atoms with Crippen LogP contribution in [0, 0.1) is 17.5 Å². The number of carbonyl (C=O) groups is 2. The van der Waals surface area contributed by atoms with Gasteiger partial charge in [0.25, 0.3) is 11.7 Å². The highest BCUT2D eigenvalue weighted by Gasteiger charge is 2.47. The molecule has 0 bridgehead atoms. The Morgan fingerprint density at radius 2 is 1.68 bits per heavy atom. The van der Waals surface area contributed by atoms with Gasteiger partial charge in [-0.15, -0.1) is 0 Å². The molecule has 0 radical (unpaired) electrons. The normalized spacial score (nSPS) is 21.0. The smallest absolute Gasteiger partial charge is 0.300 e. The van der Waals surface area contributed by atoms with Gasteiger partial charge in [0.1, 0.15) is 35.1 Å². The standard InChI is InChI=1S/C26H18F3NO4/c1-13-10-16-11-15(4-9-21(16)34-13)24(31)22-23(14-2-5-17(27)6-3-14)30(26(33)25(22)32)20-8-7-18(28)12-19(20)29/h2-9,11-13,23,31H,10H2,1H3/b24-22-. The lowest BCUT2D eigenvalue weighted by atomic mass is 9.94. The number of rotatable bonds is 3. The summed E-state index contributed by atoms with van der Waals surface area (Å²) in [6.45, 7) is 1.90. The number of nitrogens with zero attached hydrogens (tertiary/aromatic N) is 1. The average Bonchev–Trinajstić information content (AvgIpc) is 3.30. The topological polar surface area (TPSA) is 66.8 Å². The van der Waals surface area contributed by atoms with E-state index in [2.05, 4.69) is 0 Å². The van der Waals surface area contributed by atoms with E-state index in [-0.39, 0.29) is 28.5 Å². The Labute approximate surface area is 192 Å². The van der Waals surface area contributed by atoms with Crippen LogP contribution >= 0.6 is 0 Å². The third kappa shape index (κ3) is 3.51. The number of fused-ring (bicyclic) bond motifs is 1. The lowest BCUT2D eigenvalue weighted by Crippen LogP contribution is -2.30. The molecule has 0 aromatic heterocycles. The maximum absolute atomic E-state index is 14.7. The predicted octanol–water partition coefficient (Wildman–Crippen LogP) is 5.05. The molecule has 0 saturated carbocycles. The number of ether oxygens (including phenoxy) is 1. The number of hydrogen-bond donors (Lipinski definition) is 1. The maximum atomic E-state index is 14.7. The van der Waals surface area contributed by atoms with Gasteiger partial charge < -0.3 is 9.84 Å². The van der Waals surface area contributed by atoms with Crippen LogP contribution in [0.25, 0.3) is 5.76 Å². The van der Waals surface area contributed by atoms with E-state index in [9.17, 15) is 27.9 Å². The summed E-state index contributed by atoms with van der Waals surface area (Å²) >= 11 is 0. The van der Waals surface area contributed by atoms with Crippen molar-refractivity contribution in [2.75, 3.05) is 4.90 Å². The molecule has 2 aliphatic rings. The van der Waals surface area contributed by atoms with Crippen molar-refractivity contribution in [1.82, 2.24) is 0 Å². The van der Waals surface area contributed by atoms with Crippen molar-refractivity contribution in [3.05, 3.63) is 100 Å². The fourth-order valence-electron chi connectivity index (χ4n) is 4.44. The first-order chi connectivity index (χ1) is 16.2. The van der Waals surface area contributed by atoms with Crippen molar-refractivity contribution in [2.24, 2.45) is 0 Å². The predicted molar refractivity (Wildman–Crippen MR) is 118 cm³/mol. The summed E-state index contributed by atoms with van der Waals surface area (Å²) in [4.78, 5) is 27.0. The van der Waals surface area contributed by atoms with Crippen molar-refractivity contribution in [1.29, 1.82) is 0 Å². The Morgan fingerprint density at radius 1 is 0.971 bits per heavy atom. The van der Waals surface area contributed by atoms with Gasteiger partial charge in [-0.1, -0.05) is 12.1 Å². The Balaban J connectivity index is 1.70. The van der Waals surface area contributed by atoms with Crippen molar-refractivity contribution in [2.45, 2.75) is 25.5 Å². The van der Waals surface area contributed by atoms with Crippen LogP contribution in [0.15, 0.2) is 66.2 Å². The van der Waals surface area contributed by atoms with E-state index >= 15 is 0 Å². The Bertz CT molecular complexity index is 1370. The molecule has 1 fully saturated rings. The quantitative estimate of drug-likeness (QED) is 0.334. The second kappa shape index (κ2) is 8.06. The van der Waals surface area contributed by atoms with Gasteiger partial charge in [-0.05, 0) is 60.5 Å². The maximum Gasteiger partial charge on any atom is 0.300 e. The Hall–Kier alpha value is -4.07. The zero-order valence-corrected chi connectivity index (χ0v) is 17.9. The third-order valence-corrected chi connectivity index (χ3v) is 5.97. The number of amides is 1. The molecule has 2 unspecified atom stereocenters. The Morgan fingerprint density at radius 3 is 2.38 bits per heavy atom. The summed E-state index contributed by atoms with van der Waals surface area (Å²) in [6.07, 6.45) is 0.561. The molecule has 8 heteroatoms. The zero-order valence-electron chi connectivity index (χ0n) is 17.9. The number of Topliss-reactive ketones (excluding diaryl/α,β-unsaturated/α-hetero) is 1. The number of aliphatic hydroxyl groups excluding tert-OH is 1. The molecule has 0 aliphatic carbocycles. The summed E-state index contributed by atoms with van der Waals surface area (Å²) < 4.78 is 47.5. The second-order valence-corrected chi connectivity index (χ2v) is 8.27. The van der Waals surface area contributed by atoms with Crippen LogP contribution < -0.4 is 9.64 Å². The number of carbonyl (C=O) groups excluding carboxylic acids is 2. The van der Waals surface area contributed by atoms with Gasteiger partial charge >= 0.3 is 0 Å². The molecule has 172 valence electrons. The average molecular weight is 465 g/mol. The molecule has 5 rings (SSSR count). The third-order valence-electron chi connectivity index (χ3n) is 5.97. The number of halogens is 3. The van der Waals surface area contributed by atoms with E-state index in [1.54, 1.807) is 18.2 Å². The molecule has 0 spiro atoms. The van der Waals surface area contributed by atoms with Gasteiger partial charge in [-0.25, -0.2) is 13.2 Å². The van der Waals surface area contributed by atoms with Gasteiger partial charge in [0, 0.05) is 18.1 Å². The van der Waals surface area contributed by atoms with Crippen LogP contribution in [-0.2, 0) is 16.0 Å². The largest absolute Gasteiger partial charge is 0.507 e. The van der Waals surface area contributed by atoms with Crippen LogP contribution in [0.5, 0.6) is 5.75 Å². The minimum absolute atomic E-state index is 0.0429. The number of benzene rings is 3. The molecule has 34 heavy (non-hydrogen) atoms. The van der Waals surface area contributed by atoms with Crippen molar-refractivity contribution >= 4 is 23.1 Å². The Kier molecular flexibility index (Phi) is 5.16. The van der Waals surface area contributed by atoms with Crippen LogP contribution in [-0.4, -0.2) is 22.9 Å². The minimum Gasteiger partial charge on any atom is -0.507 e. The van der Waals surface area contributed by atoms with Crippen molar-refractivity contribution in [3.8, 4) is 5.75 Å². The lowest BCUT2D eigenvalue weighted by Gasteiger charge is -2.25. The van der Waals surface area contributed by atoms with Crippen molar-refractivity contribution in [3.63, 3.8) is 0 Å². The van der Waals surface area contributed by atoms with Crippen LogP contribution in [0.3, 0.4) is 0 Å². The van der Waals surface area contributed by atoms with E-state index in [0.717, 1.165) is 34.7 Å². The lowest BCUT2D eigenvalue weighted by molar-refractivity contribution is -0.132. The molecule has 3 aromatic carbocycles. The molecule has 1 N–H and O–H groups in total. The van der Waals surface area contributed by atoms with Crippen LogP contribution in [0.4, 0.5) is 18.9 Å². The molecule has 3 aromatic rings. The van der Waals surface area contributed by atoms with Gasteiger partial charge in [0.2, 0.25) is 0 Å². The van der Waals surface area contributed by atoms with E-state index in [1.165, 1.54) is 12.1 Å². The van der Waals surface area contributed by atoms with Gasteiger partial charge in [0.05, 0.1) is 17.3 Å². The van der Waals surface area contributed by atoms with E-state index in [1.807, 2.05) is 6.92 Å². The molecule has 5 nitrogen and oxygen atoms in total. The SMILES string of the molecule is CC1Cc2cc(/C(O)=C3/C(=O)C(=O)N(c4ccc(F)cc4F)C3c3ccc(F)cc3)ccc2O1. The summed E-state index contributed by atoms with van der Waals surface area (Å²) in [7, 11) is 0. The van der Waals surface area contributed by atoms with E-state index in [0.29, 0.717) is 18.2 Å². The summed E-state index contributed by atoms with van der Waals surface area (Å²) in [5, 5.41) is 11.2. The summed E-state index contributed by atoms with van der Waals surface area (Å²) in [5.41, 5.74) is 0.749. The van der Waals surface area contributed by atoms with Crippen molar-refractivity contribution < 1.29 is 32.6 Å². The van der Waals surface area contributed by atoms with Crippen LogP contribution in [0.1, 0.15) is 29.7 Å². The van der Waals surface area contributed by atoms with Crippen LogP contribution in [0.2, 0.25) is 0 Å². The second-order valence-electron chi connectivity index (χ2n) is 8.27. The monoisotopic (exact) mass is 465 g/mol. The minimum atomic E-state index is -1.26. The first kappa shape index (κ1) is 21.8. The fourth-order valence-corrected chi connectivity index (χ4v) is 4.44. The highest BCUT2D eigenvalue weighted by atomic mass is 19.1. The number of hydrogen-bond acceptors (Lipinski definition) is 4. The molecule has 1 saturated heterocycles.